The Hall–Kier alpha value is -0.0500. The van der Waals surface area contributed by atoms with Gasteiger partial charge in [0.25, 0.3) is 0 Å². The molecule has 0 unspecified atom stereocenters. The van der Waals surface area contributed by atoms with Crippen LogP contribution in [-0.4, -0.2) is 29.2 Å². The van der Waals surface area contributed by atoms with Crippen molar-refractivity contribution in [1.82, 2.24) is 4.90 Å². The second kappa shape index (κ2) is 4.99. The van der Waals surface area contributed by atoms with E-state index in [9.17, 15) is 4.79 Å². The average Bonchev–Trinajstić information content (AvgIpc) is 2.17. The highest BCUT2D eigenvalue weighted by Gasteiger charge is 2.23. The van der Waals surface area contributed by atoms with Gasteiger partial charge in [0.2, 0.25) is 5.91 Å². The first-order valence-electron chi connectivity index (χ1n) is 4.96. The molecule has 1 saturated carbocycles. The first-order valence-corrected chi connectivity index (χ1v) is 6.09. The van der Waals surface area contributed by atoms with Crippen LogP contribution in [0.3, 0.4) is 0 Å². The molecule has 0 bridgehead atoms. The predicted molar refractivity (Wildman–Crippen MR) is 58.0 cm³/mol. The lowest BCUT2D eigenvalue weighted by Gasteiger charge is -2.33. The molecule has 1 aliphatic rings. The fraction of sp³-hybridized carbons (Fsp3) is 0.900. The SMILES string of the molecule is CC1CCC(N(C)C(=O)CBr)CC1. The summed E-state index contributed by atoms with van der Waals surface area (Å²) in [7, 11) is 1.92. The maximum atomic E-state index is 11.4. The van der Waals surface area contributed by atoms with E-state index in [1.807, 2.05) is 11.9 Å². The molecule has 1 aliphatic carbocycles. The Bertz CT molecular complexity index is 176. The van der Waals surface area contributed by atoms with Crippen LogP contribution in [-0.2, 0) is 4.79 Å². The number of carbonyl (C=O) groups is 1. The fourth-order valence-corrected chi connectivity index (χ4v) is 2.32. The summed E-state index contributed by atoms with van der Waals surface area (Å²) < 4.78 is 0. The number of halogens is 1. The summed E-state index contributed by atoms with van der Waals surface area (Å²) >= 11 is 3.20. The van der Waals surface area contributed by atoms with Gasteiger partial charge in [0.1, 0.15) is 0 Å². The molecule has 0 atom stereocenters. The van der Waals surface area contributed by atoms with Crippen LogP contribution >= 0.6 is 15.9 Å². The molecule has 0 aromatic rings. The highest BCUT2D eigenvalue weighted by molar-refractivity contribution is 9.09. The Kier molecular flexibility index (Phi) is 4.23. The Morgan fingerprint density at radius 3 is 2.38 bits per heavy atom. The highest BCUT2D eigenvalue weighted by atomic mass is 79.9. The molecule has 13 heavy (non-hydrogen) atoms. The Morgan fingerprint density at radius 1 is 1.38 bits per heavy atom. The first-order chi connectivity index (χ1) is 6.15. The standard InChI is InChI=1S/C10H18BrNO/c1-8-3-5-9(6-4-8)12(2)10(13)7-11/h8-9H,3-7H2,1-2H3. The van der Waals surface area contributed by atoms with Crippen molar-refractivity contribution >= 4 is 21.8 Å². The summed E-state index contributed by atoms with van der Waals surface area (Å²) in [4.78, 5) is 13.3. The van der Waals surface area contributed by atoms with Crippen molar-refractivity contribution in [3.8, 4) is 0 Å². The minimum Gasteiger partial charge on any atom is -0.342 e. The molecule has 0 spiro atoms. The van der Waals surface area contributed by atoms with Gasteiger partial charge in [-0.15, -0.1) is 0 Å². The van der Waals surface area contributed by atoms with Gasteiger partial charge < -0.3 is 4.90 Å². The van der Waals surface area contributed by atoms with Crippen LogP contribution in [0.5, 0.6) is 0 Å². The van der Waals surface area contributed by atoms with Gasteiger partial charge in [0.05, 0.1) is 5.33 Å². The van der Waals surface area contributed by atoms with Gasteiger partial charge in [-0.1, -0.05) is 22.9 Å². The van der Waals surface area contributed by atoms with Crippen molar-refractivity contribution in [2.45, 2.75) is 38.6 Å². The highest BCUT2D eigenvalue weighted by Crippen LogP contribution is 2.26. The third-order valence-electron chi connectivity index (χ3n) is 3.04. The second-order valence-corrected chi connectivity index (χ2v) is 4.61. The van der Waals surface area contributed by atoms with Gasteiger partial charge in [-0.05, 0) is 31.6 Å². The number of rotatable bonds is 2. The van der Waals surface area contributed by atoms with Gasteiger partial charge in [0, 0.05) is 13.1 Å². The largest absolute Gasteiger partial charge is 0.342 e. The van der Waals surface area contributed by atoms with Gasteiger partial charge in [-0.3, -0.25) is 4.79 Å². The van der Waals surface area contributed by atoms with Gasteiger partial charge in [-0.2, -0.15) is 0 Å². The van der Waals surface area contributed by atoms with E-state index in [4.69, 9.17) is 0 Å². The molecule has 1 rings (SSSR count). The normalized spacial score (nSPS) is 28.5. The smallest absolute Gasteiger partial charge is 0.233 e. The van der Waals surface area contributed by atoms with Crippen LogP contribution in [0.25, 0.3) is 0 Å². The summed E-state index contributed by atoms with van der Waals surface area (Å²) in [5, 5.41) is 0.454. The number of hydrogen-bond donors (Lipinski definition) is 0. The van der Waals surface area contributed by atoms with Crippen molar-refractivity contribution in [2.24, 2.45) is 5.92 Å². The van der Waals surface area contributed by atoms with Crippen LogP contribution < -0.4 is 0 Å². The molecule has 1 amide bonds. The van der Waals surface area contributed by atoms with Crippen LogP contribution in [0.2, 0.25) is 0 Å². The summed E-state index contributed by atoms with van der Waals surface area (Å²) in [6, 6.07) is 0.487. The van der Waals surface area contributed by atoms with Crippen molar-refractivity contribution in [3.63, 3.8) is 0 Å². The number of nitrogens with zero attached hydrogens (tertiary/aromatic N) is 1. The molecule has 76 valence electrons. The zero-order chi connectivity index (χ0) is 9.84. The summed E-state index contributed by atoms with van der Waals surface area (Å²) in [5.74, 6) is 1.06. The Balaban J connectivity index is 2.39. The van der Waals surface area contributed by atoms with E-state index in [2.05, 4.69) is 22.9 Å². The first kappa shape index (κ1) is 11.0. The van der Waals surface area contributed by atoms with Crippen molar-refractivity contribution < 1.29 is 4.79 Å². The number of hydrogen-bond acceptors (Lipinski definition) is 1. The van der Waals surface area contributed by atoms with E-state index in [0.717, 1.165) is 5.92 Å². The lowest BCUT2D eigenvalue weighted by molar-refractivity contribution is -0.129. The lowest BCUT2D eigenvalue weighted by Crippen LogP contribution is -2.39. The second-order valence-electron chi connectivity index (χ2n) is 4.05. The van der Waals surface area contributed by atoms with Crippen LogP contribution in [0.15, 0.2) is 0 Å². The van der Waals surface area contributed by atoms with Crippen molar-refractivity contribution in [1.29, 1.82) is 0 Å². The number of amides is 1. The maximum absolute atomic E-state index is 11.4. The molecule has 0 radical (unpaired) electrons. The minimum atomic E-state index is 0.208. The molecule has 0 aliphatic heterocycles. The zero-order valence-corrected chi connectivity index (χ0v) is 10.0. The molecule has 0 aromatic heterocycles. The zero-order valence-electron chi connectivity index (χ0n) is 8.42. The molecular weight excluding hydrogens is 230 g/mol. The van der Waals surface area contributed by atoms with Crippen LogP contribution in [0, 0.1) is 5.92 Å². The summed E-state index contributed by atoms with van der Waals surface area (Å²) in [6.07, 6.45) is 4.89. The van der Waals surface area contributed by atoms with E-state index in [-0.39, 0.29) is 5.91 Å². The van der Waals surface area contributed by atoms with E-state index >= 15 is 0 Å². The summed E-state index contributed by atoms with van der Waals surface area (Å²) in [5.41, 5.74) is 0. The molecule has 0 aromatic carbocycles. The molecule has 1 fully saturated rings. The lowest BCUT2D eigenvalue weighted by atomic mass is 9.87. The molecule has 3 heteroatoms. The van der Waals surface area contributed by atoms with Gasteiger partial charge >= 0.3 is 0 Å². The van der Waals surface area contributed by atoms with Gasteiger partial charge in [-0.25, -0.2) is 0 Å². The molecule has 0 saturated heterocycles. The molecular formula is C10H18BrNO. The third kappa shape index (κ3) is 2.97. The van der Waals surface area contributed by atoms with Crippen molar-refractivity contribution in [3.05, 3.63) is 0 Å². The molecule has 0 heterocycles. The average molecular weight is 248 g/mol. The monoisotopic (exact) mass is 247 g/mol. The van der Waals surface area contributed by atoms with E-state index in [1.165, 1.54) is 25.7 Å². The number of carbonyl (C=O) groups excluding carboxylic acids is 1. The van der Waals surface area contributed by atoms with Gasteiger partial charge in [0.15, 0.2) is 0 Å². The fourth-order valence-electron chi connectivity index (χ4n) is 1.93. The Morgan fingerprint density at radius 2 is 1.92 bits per heavy atom. The molecule has 2 nitrogen and oxygen atoms in total. The quantitative estimate of drug-likeness (QED) is 0.687. The predicted octanol–water partition coefficient (Wildman–Crippen LogP) is 2.42. The van der Waals surface area contributed by atoms with Crippen LogP contribution in [0.4, 0.5) is 0 Å². The topological polar surface area (TPSA) is 20.3 Å². The van der Waals surface area contributed by atoms with Crippen LogP contribution in [0.1, 0.15) is 32.6 Å². The van der Waals surface area contributed by atoms with E-state index in [0.29, 0.717) is 11.4 Å². The Labute approximate surface area is 88.8 Å². The number of alkyl halides is 1. The molecule has 0 N–H and O–H groups in total. The van der Waals surface area contributed by atoms with Crippen molar-refractivity contribution in [2.75, 3.05) is 12.4 Å². The third-order valence-corrected chi connectivity index (χ3v) is 3.52. The van der Waals surface area contributed by atoms with E-state index < -0.39 is 0 Å². The van der Waals surface area contributed by atoms with E-state index in [1.54, 1.807) is 0 Å². The maximum Gasteiger partial charge on any atom is 0.233 e. The summed E-state index contributed by atoms with van der Waals surface area (Å²) in [6.45, 7) is 2.29. The minimum absolute atomic E-state index is 0.208.